The molecule has 0 aliphatic heterocycles. The lowest BCUT2D eigenvalue weighted by Crippen LogP contribution is -1.99. The summed E-state index contributed by atoms with van der Waals surface area (Å²) in [7, 11) is 1.29. The SMILES string of the molecule is COc1c(N)ncc(C(F)F)c1Cl. The predicted molar refractivity (Wildman–Crippen MR) is 45.2 cm³/mol. The van der Waals surface area contributed by atoms with Crippen molar-refractivity contribution < 1.29 is 13.5 Å². The number of rotatable bonds is 2. The second kappa shape index (κ2) is 3.74. The van der Waals surface area contributed by atoms with Crippen molar-refractivity contribution in [1.82, 2.24) is 4.98 Å². The fraction of sp³-hybridized carbons (Fsp3) is 0.286. The number of ether oxygens (including phenoxy) is 1. The van der Waals surface area contributed by atoms with Crippen LogP contribution in [0, 0.1) is 0 Å². The van der Waals surface area contributed by atoms with Gasteiger partial charge in [0.1, 0.15) is 0 Å². The van der Waals surface area contributed by atoms with E-state index in [4.69, 9.17) is 22.1 Å². The molecule has 0 saturated carbocycles. The largest absolute Gasteiger partial charge is 0.491 e. The number of nitrogens with zero attached hydrogens (tertiary/aromatic N) is 1. The van der Waals surface area contributed by atoms with E-state index >= 15 is 0 Å². The van der Waals surface area contributed by atoms with E-state index in [0.29, 0.717) is 0 Å². The third kappa shape index (κ3) is 1.80. The van der Waals surface area contributed by atoms with Gasteiger partial charge in [0, 0.05) is 6.20 Å². The van der Waals surface area contributed by atoms with Crippen molar-refractivity contribution in [2.45, 2.75) is 6.43 Å². The first-order valence-corrected chi connectivity index (χ1v) is 3.71. The van der Waals surface area contributed by atoms with Crippen LogP contribution >= 0.6 is 11.6 Å². The molecule has 0 unspecified atom stereocenters. The minimum Gasteiger partial charge on any atom is -0.491 e. The van der Waals surface area contributed by atoms with Crippen LogP contribution in [0.5, 0.6) is 5.75 Å². The van der Waals surface area contributed by atoms with Gasteiger partial charge < -0.3 is 10.5 Å². The van der Waals surface area contributed by atoms with E-state index in [9.17, 15) is 8.78 Å². The molecule has 0 fully saturated rings. The maximum Gasteiger partial charge on any atom is 0.266 e. The van der Waals surface area contributed by atoms with Crippen molar-refractivity contribution >= 4 is 17.4 Å². The molecule has 0 bridgehead atoms. The molecule has 0 saturated heterocycles. The lowest BCUT2D eigenvalue weighted by molar-refractivity contribution is 0.150. The average molecular weight is 209 g/mol. The third-order valence-electron chi connectivity index (χ3n) is 1.47. The van der Waals surface area contributed by atoms with Crippen LogP contribution in [0.25, 0.3) is 0 Å². The molecule has 0 spiro atoms. The topological polar surface area (TPSA) is 48.1 Å². The molecule has 0 radical (unpaired) electrons. The van der Waals surface area contributed by atoms with Gasteiger partial charge in [0.2, 0.25) is 0 Å². The molecular formula is C7H7ClF2N2O. The van der Waals surface area contributed by atoms with Crippen LogP contribution in [0.4, 0.5) is 14.6 Å². The van der Waals surface area contributed by atoms with E-state index in [1.165, 1.54) is 7.11 Å². The van der Waals surface area contributed by atoms with Crippen molar-refractivity contribution in [3.63, 3.8) is 0 Å². The van der Waals surface area contributed by atoms with Gasteiger partial charge in [0.25, 0.3) is 6.43 Å². The van der Waals surface area contributed by atoms with Crippen LogP contribution in [-0.4, -0.2) is 12.1 Å². The fourth-order valence-electron chi connectivity index (χ4n) is 0.844. The molecule has 0 aliphatic carbocycles. The maximum atomic E-state index is 12.3. The number of pyridine rings is 1. The fourth-order valence-corrected chi connectivity index (χ4v) is 1.15. The monoisotopic (exact) mass is 208 g/mol. The zero-order chi connectivity index (χ0) is 10.0. The van der Waals surface area contributed by atoms with Crippen LogP contribution < -0.4 is 10.5 Å². The average Bonchev–Trinajstić information content (AvgIpc) is 2.04. The third-order valence-corrected chi connectivity index (χ3v) is 1.86. The number of methoxy groups -OCH3 is 1. The highest BCUT2D eigenvalue weighted by atomic mass is 35.5. The van der Waals surface area contributed by atoms with Crippen LogP contribution in [0.15, 0.2) is 6.20 Å². The molecule has 1 rings (SSSR count). The second-order valence-corrected chi connectivity index (χ2v) is 2.62. The van der Waals surface area contributed by atoms with E-state index in [1.54, 1.807) is 0 Å². The summed E-state index contributed by atoms with van der Waals surface area (Å²) in [4.78, 5) is 3.52. The Hall–Kier alpha value is -1.10. The van der Waals surface area contributed by atoms with Crippen molar-refractivity contribution in [2.75, 3.05) is 12.8 Å². The summed E-state index contributed by atoms with van der Waals surface area (Å²) in [6, 6.07) is 0. The van der Waals surface area contributed by atoms with E-state index in [2.05, 4.69) is 4.98 Å². The first-order chi connectivity index (χ1) is 6.07. The summed E-state index contributed by atoms with van der Waals surface area (Å²) in [6.45, 7) is 0. The van der Waals surface area contributed by atoms with Gasteiger partial charge >= 0.3 is 0 Å². The maximum absolute atomic E-state index is 12.3. The van der Waals surface area contributed by atoms with Gasteiger partial charge in [-0.2, -0.15) is 0 Å². The minimum absolute atomic E-state index is 0.00287. The molecule has 1 heterocycles. The summed E-state index contributed by atoms with van der Waals surface area (Å²) in [5, 5.41) is -0.190. The molecule has 1 aromatic rings. The van der Waals surface area contributed by atoms with Gasteiger partial charge in [-0.05, 0) is 0 Å². The number of aromatic nitrogens is 1. The standard InChI is InChI=1S/C7H7ClF2N2O/c1-13-5-4(8)3(6(9)10)2-12-7(5)11/h2,6H,1H3,(H2,11,12). The number of hydrogen-bond donors (Lipinski definition) is 1. The Morgan fingerprint density at radius 2 is 2.23 bits per heavy atom. The van der Waals surface area contributed by atoms with Crippen molar-refractivity contribution in [1.29, 1.82) is 0 Å². The number of alkyl halides is 2. The van der Waals surface area contributed by atoms with Gasteiger partial charge in [-0.1, -0.05) is 11.6 Å². The first-order valence-electron chi connectivity index (χ1n) is 3.34. The van der Waals surface area contributed by atoms with Gasteiger partial charge in [-0.25, -0.2) is 13.8 Å². The highest BCUT2D eigenvalue weighted by Crippen LogP contribution is 2.36. The molecule has 3 nitrogen and oxygen atoms in total. The van der Waals surface area contributed by atoms with Gasteiger partial charge in [0.05, 0.1) is 17.7 Å². The molecule has 6 heteroatoms. The summed E-state index contributed by atoms with van der Waals surface area (Å²) in [6.07, 6.45) is -1.75. The predicted octanol–water partition coefficient (Wildman–Crippen LogP) is 2.26. The van der Waals surface area contributed by atoms with Crippen LogP contribution in [-0.2, 0) is 0 Å². The molecule has 0 amide bonds. The Bertz CT molecular complexity index is 320. The number of anilines is 1. The highest BCUT2D eigenvalue weighted by molar-refractivity contribution is 6.33. The molecule has 2 N–H and O–H groups in total. The Morgan fingerprint density at radius 1 is 1.62 bits per heavy atom. The summed E-state index contributed by atoms with van der Waals surface area (Å²) in [5.41, 5.74) is 4.95. The zero-order valence-electron chi connectivity index (χ0n) is 6.72. The minimum atomic E-state index is -2.69. The Labute approximate surface area is 78.5 Å². The van der Waals surface area contributed by atoms with Gasteiger partial charge in [-0.15, -0.1) is 0 Å². The normalized spacial score (nSPS) is 10.5. The summed E-state index contributed by atoms with van der Waals surface area (Å²) >= 11 is 5.58. The number of nitrogens with two attached hydrogens (primary N) is 1. The number of hydrogen-bond acceptors (Lipinski definition) is 3. The first kappa shape index (κ1) is 9.98. The molecule has 0 atom stereocenters. The van der Waals surface area contributed by atoms with Crippen molar-refractivity contribution in [3.8, 4) is 5.75 Å². The second-order valence-electron chi connectivity index (χ2n) is 2.25. The van der Waals surface area contributed by atoms with Crippen LogP contribution in [0.2, 0.25) is 5.02 Å². The molecule has 0 aromatic carbocycles. The van der Waals surface area contributed by atoms with Crippen LogP contribution in [0.1, 0.15) is 12.0 Å². The highest BCUT2D eigenvalue weighted by Gasteiger charge is 2.18. The summed E-state index contributed by atoms with van der Waals surface area (Å²) < 4.78 is 29.2. The smallest absolute Gasteiger partial charge is 0.266 e. The Balaban J connectivity index is 3.27. The lowest BCUT2D eigenvalue weighted by atomic mass is 10.3. The van der Waals surface area contributed by atoms with E-state index in [-0.39, 0.29) is 22.2 Å². The summed E-state index contributed by atoms with van der Waals surface area (Å²) in [5.74, 6) is -0.0173. The van der Waals surface area contributed by atoms with E-state index in [0.717, 1.165) is 6.20 Å². The van der Waals surface area contributed by atoms with E-state index < -0.39 is 6.43 Å². The van der Waals surface area contributed by atoms with Gasteiger partial charge in [0.15, 0.2) is 11.6 Å². The number of halogens is 3. The van der Waals surface area contributed by atoms with Gasteiger partial charge in [-0.3, -0.25) is 0 Å². The van der Waals surface area contributed by atoms with E-state index in [1.807, 2.05) is 0 Å². The molecule has 72 valence electrons. The molecular weight excluding hydrogens is 202 g/mol. The number of nitrogen functional groups attached to an aromatic ring is 1. The molecule has 1 aromatic heterocycles. The zero-order valence-corrected chi connectivity index (χ0v) is 7.48. The quantitative estimate of drug-likeness (QED) is 0.811. The lowest BCUT2D eigenvalue weighted by Gasteiger charge is -2.08. The van der Waals surface area contributed by atoms with Crippen molar-refractivity contribution in [3.05, 3.63) is 16.8 Å². The molecule has 13 heavy (non-hydrogen) atoms. The Morgan fingerprint density at radius 3 is 2.69 bits per heavy atom. The Kier molecular flexibility index (Phi) is 2.87. The molecule has 0 aliphatic rings. The van der Waals surface area contributed by atoms with Crippen LogP contribution in [0.3, 0.4) is 0 Å². The van der Waals surface area contributed by atoms with Crippen molar-refractivity contribution in [2.24, 2.45) is 0 Å².